The molecule has 1 aliphatic heterocycles. The lowest BCUT2D eigenvalue weighted by Crippen LogP contribution is -2.45. The summed E-state index contributed by atoms with van der Waals surface area (Å²) in [6, 6.07) is 22.9. The summed E-state index contributed by atoms with van der Waals surface area (Å²) in [5, 5.41) is 20.8. The van der Waals surface area contributed by atoms with Crippen LogP contribution in [0.1, 0.15) is 54.8 Å². The molecule has 2 aromatic carbocycles. The number of pyridine rings is 1. The molecule has 0 amide bonds. The zero-order valence-corrected chi connectivity index (χ0v) is 19.5. The van der Waals surface area contributed by atoms with Crippen LogP contribution in [-0.4, -0.2) is 35.2 Å². The van der Waals surface area contributed by atoms with Gasteiger partial charge in [0.25, 0.3) is 0 Å². The number of nitrogens with zero attached hydrogens (tertiary/aromatic N) is 1. The first-order valence-corrected chi connectivity index (χ1v) is 12.1. The molecule has 3 atom stereocenters. The third kappa shape index (κ3) is 4.26. The van der Waals surface area contributed by atoms with E-state index >= 15 is 0 Å². The number of carbonyl (C=O) groups is 1. The highest BCUT2D eigenvalue weighted by Gasteiger charge is 2.46. The van der Waals surface area contributed by atoms with Crippen LogP contribution in [0.3, 0.4) is 0 Å². The van der Waals surface area contributed by atoms with Crippen molar-refractivity contribution in [3.8, 4) is 0 Å². The molecule has 0 spiro atoms. The van der Waals surface area contributed by atoms with E-state index in [4.69, 9.17) is 0 Å². The maximum Gasteiger partial charge on any atom is 0.314 e. The van der Waals surface area contributed by atoms with Gasteiger partial charge in [0.15, 0.2) is 0 Å². The summed E-state index contributed by atoms with van der Waals surface area (Å²) in [4.78, 5) is 16.5. The van der Waals surface area contributed by atoms with Gasteiger partial charge in [-0.1, -0.05) is 67.9 Å². The molecule has 0 saturated heterocycles. The molecule has 1 fully saturated rings. The third-order valence-electron chi connectivity index (χ3n) is 7.47. The van der Waals surface area contributed by atoms with Gasteiger partial charge < -0.3 is 21.1 Å². The Morgan fingerprint density at radius 3 is 2.65 bits per heavy atom. The topological polar surface area (TPSA) is 86.3 Å². The van der Waals surface area contributed by atoms with E-state index in [0.29, 0.717) is 0 Å². The molecule has 6 heteroatoms. The lowest BCUT2D eigenvalue weighted by Gasteiger charge is -2.38. The van der Waals surface area contributed by atoms with Gasteiger partial charge in [0, 0.05) is 19.3 Å². The van der Waals surface area contributed by atoms with Crippen LogP contribution in [0.2, 0.25) is 0 Å². The largest absolute Gasteiger partial charge is 0.481 e. The minimum absolute atomic E-state index is 0.0893. The van der Waals surface area contributed by atoms with E-state index in [1.807, 2.05) is 36.5 Å². The van der Waals surface area contributed by atoms with Crippen LogP contribution in [0.4, 0.5) is 11.5 Å². The molecule has 0 unspecified atom stereocenters. The van der Waals surface area contributed by atoms with Crippen molar-refractivity contribution in [2.75, 3.05) is 23.7 Å². The number of aromatic nitrogens is 1. The van der Waals surface area contributed by atoms with E-state index in [1.54, 1.807) is 0 Å². The molecule has 5 rings (SSSR count). The number of hydrogen-bond acceptors (Lipinski definition) is 5. The summed E-state index contributed by atoms with van der Waals surface area (Å²) in [5.41, 5.74) is 3.66. The Hall–Kier alpha value is -3.38. The summed E-state index contributed by atoms with van der Waals surface area (Å²) in [6.45, 7) is 3.76. The molecule has 6 nitrogen and oxygen atoms in total. The van der Waals surface area contributed by atoms with E-state index in [0.717, 1.165) is 49.4 Å². The van der Waals surface area contributed by atoms with Crippen LogP contribution >= 0.6 is 0 Å². The first kappa shape index (κ1) is 22.4. The van der Waals surface area contributed by atoms with E-state index in [1.165, 1.54) is 11.1 Å². The number of nitrogens with one attached hydrogen (secondary N) is 3. The minimum Gasteiger partial charge on any atom is -0.481 e. The van der Waals surface area contributed by atoms with Crippen molar-refractivity contribution in [1.29, 1.82) is 0 Å². The Labute approximate surface area is 200 Å². The van der Waals surface area contributed by atoms with Crippen molar-refractivity contribution in [1.82, 2.24) is 10.3 Å². The van der Waals surface area contributed by atoms with Crippen molar-refractivity contribution in [2.24, 2.45) is 0 Å². The van der Waals surface area contributed by atoms with Crippen molar-refractivity contribution in [3.05, 3.63) is 89.6 Å². The molecular weight excluding hydrogens is 424 g/mol. The van der Waals surface area contributed by atoms with Crippen molar-refractivity contribution >= 4 is 17.5 Å². The predicted octanol–water partition coefficient (Wildman–Crippen LogP) is 4.93. The van der Waals surface area contributed by atoms with Gasteiger partial charge >= 0.3 is 5.97 Å². The summed E-state index contributed by atoms with van der Waals surface area (Å²) < 4.78 is 0. The molecule has 0 bridgehead atoms. The molecule has 1 saturated carbocycles. The number of fused-ring (bicyclic) bond motifs is 1. The Balaban J connectivity index is 1.33. The second-order valence-electron chi connectivity index (χ2n) is 9.60. The average molecular weight is 457 g/mol. The van der Waals surface area contributed by atoms with Gasteiger partial charge in [-0.05, 0) is 47.6 Å². The van der Waals surface area contributed by atoms with Gasteiger partial charge in [-0.2, -0.15) is 0 Å². The van der Waals surface area contributed by atoms with Crippen molar-refractivity contribution in [3.63, 3.8) is 0 Å². The smallest absolute Gasteiger partial charge is 0.314 e. The molecule has 34 heavy (non-hydrogen) atoms. The standard InChI is InChI=1S/C28H32N4O2/c1-19(21-10-5-11-22(16-21)28(27(33)34)13-7-14-28)17-31-25(20-8-3-2-4-9-20)24-18-30-23-12-6-15-29-26(23)32-24/h2-6,8-12,15-16,19,24-25,30-31H,7,13-14,17-18H2,1H3,(H,29,32)(H,33,34)/t19-,24-,25-/m1/s1. The molecule has 2 aliphatic rings. The van der Waals surface area contributed by atoms with Gasteiger partial charge in [0.2, 0.25) is 0 Å². The van der Waals surface area contributed by atoms with Crippen LogP contribution in [-0.2, 0) is 10.2 Å². The number of benzene rings is 2. The Bertz CT molecular complexity index is 1150. The number of rotatable bonds is 8. The zero-order valence-electron chi connectivity index (χ0n) is 19.5. The molecule has 176 valence electrons. The average Bonchev–Trinajstić information content (AvgIpc) is 2.84. The maximum absolute atomic E-state index is 12.0. The molecule has 2 heterocycles. The highest BCUT2D eigenvalue weighted by Crippen LogP contribution is 2.44. The zero-order chi connectivity index (χ0) is 23.5. The number of carboxylic acid groups (broad SMARTS) is 1. The number of hydrogen-bond donors (Lipinski definition) is 4. The van der Waals surface area contributed by atoms with Crippen LogP contribution in [0.5, 0.6) is 0 Å². The third-order valence-corrected chi connectivity index (χ3v) is 7.47. The summed E-state index contributed by atoms with van der Waals surface area (Å²) in [6.07, 6.45) is 4.24. The molecule has 1 aromatic heterocycles. The molecule has 0 radical (unpaired) electrons. The number of carboxylic acids is 1. The van der Waals surface area contributed by atoms with Crippen LogP contribution < -0.4 is 16.0 Å². The minimum atomic E-state index is -0.701. The van der Waals surface area contributed by atoms with Gasteiger partial charge in [-0.15, -0.1) is 0 Å². The van der Waals surface area contributed by atoms with E-state index in [-0.39, 0.29) is 18.0 Å². The number of anilines is 2. The predicted molar refractivity (Wildman–Crippen MR) is 135 cm³/mol. The monoisotopic (exact) mass is 456 g/mol. The van der Waals surface area contributed by atoms with Crippen molar-refractivity contribution < 1.29 is 9.90 Å². The Morgan fingerprint density at radius 2 is 1.91 bits per heavy atom. The fourth-order valence-corrected chi connectivity index (χ4v) is 5.18. The van der Waals surface area contributed by atoms with Crippen LogP contribution in [0.15, 0.2) is 72.9 Å². The fraction of sp³-hybridized carbons (Fsp3) is 0.357. The van der Waals surface area contributed by atoms with Gasteiger partial charge in [0.05, 0.1) is 23.2 Å². The van der Waals surface area contributed by atoms with Gasteiger partial charge in [0.1, 0.15) is 5.82 Å². The Kier molecular flexibility index (Phi) is 6.24. The molecule has 1 aliphatic carbocycles. The van der Waals surface area contributed by atoms with Crippen molar-refractivity contribution in [2.45, 2.75) is 49.6 Å². The normalized spacial score (nSPS) is 20.1. The first-order chi connectivity index (χ1) is 16.6. The summed E-state index contributed by atoms with van der Waals surface area (Å²) in [7, 11) is 0. The summed E-state index contributed by atoms with van der Waals surface area (Å²) >= 11 is 0. The van der Waals surface area contributed by atoms with E-state index in [2.05, 4.69) is 64.3 Å². The van der Waals surface area contributed by atoms with Crippen LogP contribution in [0.25, 0.3) is 0 Å². The second-order valence-corrected chi connectivity index (χ2v) is 9.60. The lowest BCUT2D eigenvalue weighted by molar-refractivity contribution is -0.147. The quantitative estimate of drug-likeness (QED) is 0.385. The SMILES string of the molecule is C[C@H](CN[C@H](c1ccccc1)[C@H]1CNc2cccnc2N1)c1cccc(C2(C(=O)O)CCC2)c1. The number of aliphatic carboxylic acids is 1. The fourth-order valence-electron chi connectivity index (χ4n) is 5.18. The first-order valence-electron chi connectivity index (χ1n) is 12.1. The molecule has 3 aromatic rings. The molecule has 4 N–H and O–H groups in total. The Morgan fingerprint density at radius 1 is 1.12 bits per heavy atom. The van der Waals surface area contributed by atoms with Gasteiger partial charge in [-0.3, -0.25) is 4.79 Å². The van der Waals surface area contributed by atoms with Crippen LogP contribution in [0, 0.1) is 0 Å². The highest BCUT2D eigenvalue weighted by atomic mass is 16.4. The van der Waals surface area contributed by atoms with Gasteiger partial charge in [-0.25, -0.2) is 4.98 Å². The van der Waals surface area contributed by atoms with E-state index in [9.17, 15) is 9.90 Å². The lowest BCUT2D eigenvalue weighted by atomic mass is 9.64. The molecular formula is C28H32N4O2. The second kappa shape index (κ2) is 9.47. The maximum atomic E-state index is 12.0. The summed E-state index contributed by atoms with van der Waals surface area (Å²) in [5.74, 6) is 0.413. The van der Waals surface area contributed by atoms with E-state index < -0.39 is 11.4 Å². The highest BCUT2D eigenvalue weighted by molar-refractivity contribution is 5.82.